The predicted octanol–water partition coefficient (Wildman–Crippen LogP) is 0.201. The molecular weight excluding hydrogens is 390 g/mol. The molecule has 0 heterocycles. The van der Waals surface area contributed by atoms with Gasteiger partial charge in [-0.2, -0.15) is 0 Å². The normalized spacial score (nSPS) is 11.9. The van der Waals surface area contributed by atoms with Crippen molar-refractivity contribution in [1.82, 2.24) is 14.8 Å². The molecule has 0 radical (unpaired) electrons. The van der Waals surface area contributed by atoms with Gasteiger partial charge in [-0.1, -0.05) is 48.5 Å². The van der Waals surface area contributed by atoms with Gasteiger partial charge in [0.2, 0.25) is 26.0 Å². The van der Waals surface area contributed by atoms with Crippen molar-refractivity contribution in [2.75, 3.05) is 19.6 Å². The molecule has 0 aliphatic carbocycles. The molecule has 2 aromatic rings. The van der Waals surface area contributed by atoms with Gasteiger partial charge in [-0.15, -0.1) is 0 Å². The number of nitrogens with one attached hydrogen (secondary N) is 3. The van der Waals surface area contributed by atoms with Crippen LogP contribution in [0.15, 0.2) is 65.6 Å². The van der Waals surface area contributed by atoms with E-state index in [1.165, 1.54) is 12.1 Å². The van der Waals surface area contributed by atoms with Crippen LogP contribution < -0.4 is 14.8 Å². The fourth-order valence-corrected chi connectivity index (χ4v) is 4.31. The summed E-state index contributed by atoms with van der Waals surface area (Å²) in [7, 11) is -7.28. The molecule has 0 aromatic heterocycles. The molecule has 0 unspecified atom stereocenters. The summed E-state index contributed by atoms with van der Waals surface area (Å²) < 4.78 is 52.4. The minimum Gasteiger partial charge on any atom is -0.354 e. The molecule has 1 amide bonds. The largest absolute Gasteiger partial charge is 0.354 e. The number of carbonyl (C=O) groups is 1. The van der Waals surface area contributed by atoms with Crippen LogP contribution in [0.1, 0.15) is 5.56 Å². The summed E-state index contributed by atoms with van der Waals surface area (Å²) in [4.78, 5) is 11.8. The number of amides is 1. The highest BCUT2D eigenvalue weighted by Gasteiger charge is 2.15. The van der Waals surface area contributed by atoms with Gasteiger partial charge in [0.05, 0.1) is 17.2 Å². The Morgan fingerprint density at radius 1 is 0.778 bits per heavy atom. The zero-order chi connectivity index (χ0) is 19.8. The Morgan fingerprint density at radius 2 is 1.37 bits per heavy atom. The van der Waals surface area contributed by atoms with Crippen LogP contribution >= 0.6 is 0 Å². The predicted molar refractivity (Wildman–Crippen MR) is 102 cm³/mol. The Kier molecular flexibility index (Phi) is 7.48. The van der Waals surface area contributed by atoms with Crippen molar-refractivity contribution in [1.29, 1.82) is 0 Å². The Hall–Kier alpha value is -2.27. The van der Waals surface area contributed by atoms with E-state index in [2.05, 4.69) is 14.8 Å². The lowest BCUT2D eigenvalue weighted by Crippen LogP contribution is -2.40. The van der Waals surface area contributed by atoms with E-state index in [1.54, 1.807) is 48.5 Å². The zero-order valence-electron chi connectivity index (χ0n) is 14.5. The second-order valence-corrected chi connectivity index (χ2v) is 9.20. The molecule has 0 bridgehead atoms. The van der Waals surface area contributed by atoms with Crippen molar-refractivity contribution in [2.45, 2.75) is 10.6 Å². The summed E-state index contributed by atoms with van der Waals surface area (Å²) in [5, 5.41) is 2.45. The first kappa shape index (κ1) is 21.0. The minimum atomic E-state index is -3.77. The number of hydrogen-bond acceptors (Lipinski definition) is 5. The summed E-state index contributed by atoms with van der Waals surface area (Å²) >= 11 is 0. The average Bonchev–Trinajstić information content (AvgIpc) is 2.65. The van der Waals surface area contributed by atoms with E-state index in [-0.39, 0.29) is 23.7 Å². The monoisotopic (exact) mass is 411 g/mol. The quantitative estimate of drug-likeness (QED) is 0.482. The Bertz CT molecular complexity index is 947. The van der Waals surface area contributed by atoms with E-state index in [0.29, 0.717) is 5.56 Å². The lowest BCUT2D eigenvalue weighted by atomic mass is 10.2. The summed E-state index contributed by atoms with van der Waals surface area (Å²) in [6.07, 6.45) is 0. The Balaban J connectivity index is 1.70. The summed E-state index contributed by atoms with van der Waals surface area (Å²) in [5.74, 6) is -0.713. The first-order valence-corrected chi connectivity index (χ1v) is 11.2. The summed E-state index contributed by atoms with van der Waals surface area (Å²) in [6, 6.07) is 16.4. The molecule has 10 heteroatoms. The lowest BCUT2D eigenvalue weighted by molar-refractivity contribution is -0.119. The van der Waals surface area contributed by atoms with Crippen LogP contribution in [0.25, 0.3) is 0 Å². The number of sulfonamides is 2. The molecule has 0 saturated heterocycles. The second-order valence-electron chi connectivity index (χ2n) is 5.63. The number of carbonyl (C=O) groups excluding carboxylic acids is 1. The molecule has 27 heavy (non-hydrogen) atoms. The highest BCUT2D eigenvalue weighted by Crippen LogP contribution is 2.06. The van der Waals surface area contributed by atoms with Gasteiger partial charge in [-0.25, -0.2) is 26.3 Å². The van der Waals surface area contributed by atoms with E-state index < -0.39 is 32.5 Å². The molecule has 146 valence electrons. The standard InChI is InChI=1S/C17H21N3O5S2/c21-17(13-20-27(24,25)16-9-5-2-6-10-16)18-11-12-19-26(22,23)14-15-7-3-1-4-8-15/h1-10,19-20H,11-14H2,(H,18,21). The SMILES string of the molecule is O=C(CNS(=O)(=O)c1ccccc1)NCCNS(=O)(=O)Cc1ccccc1. The van der Waals surface area contributed by atoms with Crippen LogP contribution in [0.4, 0.5) is 0 Å². The summed E-state index contributed by atoms with van der Waals surface area (Å²) in [5.41, 5.74) is 0.657. The van der Waals surface area contributed by atoms with E-state index in [4.69, 9.17) is 0 Å². The van der Waals surface area contributed by atoms with Crippen LogP contribution in [-0.2, 0) is 30.6 Å². The van der Waals surface area contributed by atoms with E-state index in [1.807, 2.05) is 0 Å². The minimum absolute atomic E-state index is 0.00629. The zero-order valence-corrected chi connectivity index (χ0v) is 16.1. The topological polar surface area (TPSA) is 121 Å². The van der Waals surface area contributed by atoms with Crippen molar-refractivity contribution >= 4 is 26.0 Å². The van der Waals surface area contributed by atoms with Crippen LogP contribution in [0.5, 0.6) is 0 Å². The molecule has 8 nitrogen and oxygen atoms in total. The number of rotatable bonds is 10. The van der Waals surface area contributed by atoms with Gasteiger partial charge in [-0.05, 0) is 17.7 Å². The molecule has 0 aliphatic heterocycles. The van der Waals surface area contributed by atoms with Crippen molar-refractivity contribution in [3.63, 3.8) is 0 Å². The molecule has 0 spiro atoms. The summed E-state index contributed by atoms with van der Waals surface area (Å²) in [6.45, 7) is -0.389. The Labute approximate surface area is 159 Å². The van der Waals surface area contributed by atoms with Gasteiger partial charge in [0, 0.05) is 13.1 Å². The number of benzene rings is 2. The smallest absolute Gasteiger partial charge is 0.241 e. The lowest BCUT2D eigenvalue weighted by Gasteiger charge is -2.09. The first-order valence-electron chi connectivity index (χ1n) is 8.11. The molecule has 0 atom stereocenters. The van der Waals surface area contributed by atoms with Crippen molar-refractivity contribution in [3.8, 4) is 0 Å². The van der Waals surface area contributed by atoms with E-state index in [0.717, 1.165) is 0 Å². The van der Waals surface area contributed by atoms with Crippen LogP contribution in [0, 0.1) is 0 Å². The third-order valence-corrected chi connectivity index (χ3v) is 6.22. The van der Waals surface area contributed by atoms with Crippen LogP contribution in [0.2, 0.25) is 0 Å². The van der Waals surface area contributed by atoms with Crippen molar-refractivity contribution < 1.29 is 21.6 Å². The number of hydrogen-bond donors (Lipinski definition) is 3. The maximum absolute atomic E-state index is 12.0. The molecule has 2 rings (SSSR count). The second kappa shape index (κ2) is 9.60. The van der Waals surface area contributed by atoms with Gasteiger partial charge in [0.1, 0.15) is 0 Å². The average molecular weight is 412 g/mol. The first-order chi connectivity index (χ1) is 12.8. The molecule has 0 aliphatic rings. The van der Waals surface area contributed by atoms with E-state index in [9.17, 15) is 21.6 Å². The van der Waals surface area contributed by atoms with Crippen LogP contribution in [0.3, 0.4) is 0 Å². The molecule has 0 saturated carbocycles. The van der Waals surface area contributed by atoms with Crippen molar-refractivity contribution in [2.24, 2.45) is 0 Å². The van der Waals surface area contributed by atoms with Gasteiger partial charge in [-0.3, -0.25) is 4.79 Å². The third kappa shape index (κ3) is 7.47. The third-order valence-electron chi connectivity index (χ3n) is 3.44. The molecule has 0 fully saturated rings. The fraction of sp³-hybridized carbons (Fsp3) is 0.235. The molecular formula is C17H21N3O5S2. The maximum Gasteiger partial charge on any atom is 0.241 e. The van der Waals surface area contributed by atoms with Gasteiger partial charge in [0.15, 0.2) is 0 Å². The highest BCUT2D eigenvalue weighted by molar-refractivity contribution is 7.89. The highest BCUT2D eigenvalue weighted by atomic mass is 32.2. The van der Waals surface area contributed by atoms with Gasteiger partial charge < -0.3 is 5.32 Å². The van der Waals surface area contributed by atoms with E-state index >= 15 is 0 Å². The van der Waals surface area contributed by atoms with Crippen LogP contribution in [-0.4, -0.2) is 42.4 Å². The Morgan fingerprint density at radius 3 is 2.00 bits per heavy atom. The molecule has 2 aromatic carbocycles. The van der Waals surface area contributed by atoms with Gasteiger partial charge in [0.25, 0.3) is 0 Å². The maximum atomic E-state index is 12.0. The fourth-order valence-electron chi connectivity index (χ4n) is 2.16. The molecule has 3 N–H and O–H groups in total. The van der Waals surface area contributed by atoms with Crippen molar-refractivity contribution in [3.05, 3.63) is 66.2 Å². The van der Waals surface area contributed by atoms with Gasteiger partial charge >= 0.3 is 0 Å².